The van der Waals surface area contributed by atoms with Gasteiger partial charge >= 0.3 is 0 Å². The van der Waals surface area contributed by atoms with E-state index in [0.717, 1.165) is 32.7 Å². The summed E-state index contributed by atoms with van der Waals surface area (Å²) in [5.74, 6) is 0. The lowest BCUT2D eigenvalue weighted by Gasteiger charge is -2.35. The van der Waals surface area contributed by atoms with Crippen LogP contribution in [0.15, 0.2) is 28.7 Å². The van der Waals surface area contributed by atoms with Crippen LogP contribution < -0.4 is 10.2 Å². The second kappa shape index (κ2) is 6.55. The minimum absolute atomic E-state index is 0.587. The smallest absolute Gasteiger partial charge is 0.0508 e. The molecule has 0 spiro atoms. The molecule has 0 bridgehead atoms. The summed E-state index contributed by atoms with van der Waals surface area (Å²) in [7, 11) is 2.17. The third-order valence-corrected chi connectivity index (χ3v) is 4.25. The fourth-order valence-corrected chi connectivity index (χ4v) is 3.08. The monoisotopic (exact) mass is 311 g/mol. The third-order valence-electron chi connectivity index (χ3n) is 3.58. The van der Waals surface area contributed by atoms with Crippen molar-refractivity contribution in [1.29, 1.82) is 0 Å². The topological polar surface area (TPSA) is 18.5 Å². The van der Waals surface area contributed by atoms with Gasteiger partial charge in [0.1, 0.15) is 0 Å². The van der Waals surface area contributed by atoms with E-state index in [1.165, 1.54) is 10.2 Å². The van der Waals surface area contributed by atoms with Crippen LogP contribution >= 0.6 is 15.9 Å². The average Bonchev–Trinajstić information content (AvgIpc) is 2.40. The number of hydrogen-bond acceptors (Lipinski definition) is 3. The molecule has 0 aromatic heterocycles. The number of rotatable bonds is 4. The van der Waals surface area contributed by atoms with Crippen molar-refractivity contribution in [3.8, 4) is 0 Å². The van der Waals surface area contributed by atoms with Gasteiger partial charge in [0.25, 0.3) is 0 Å². The molecule has 1 fully saturated rings. The van der Waals surface area contributed by atoms with E-state index in [2.05, 4.69) is 69.3 Å². The fraction of sp³-hybridized carbons (Fsp3) is 0.571. The Balaban J connectivity index is 1.94. The largest absolute Gasteiger partial charge is 0.372 e. The molecule has 1 heterocycles. The summed E-state index contributed by atoms with van der Waals surface area (Å²) >= 11 is 3.62. The molecule has 3 nitrogen and oxygen atoms in total. The van der Waals surface area contributed by atoms with Crippen LogP contribution in [-0.4, -0.2) is 50.7 Å². The molecule has 1 saturated heterocycles. The van der Waals surface area contributed by atoms with E-state index in [-0.39, 0.29) is 0 Å². The van der Waals surface area contributed by atoms with Crippen molar-refractivity contribution in [2.45, 2.75) is 13.0 Å². The van der Waals surface area contributed by atoms with Gasteiger partial charge in [-0.05, 0) is 35.0 Å². The number of likely N-dealkylation sites (N-methyl/N-ethyl adjacent to an activating group) is 1. The molecule has 1 aromatic rings. The maximum atomic E-state index is 3.62. The van der Waals surface area contributed by atoms with Gasteiger partial charge in [-0.3, -0.25) is 4.90 Å². The Kier molecular flexibility index (Phi) is 5.03. The van der Waals surface area contributed by atoms with Crippen LogP contribution in [-0.2, 0) is 0 Å². The molecule has 1 unspecified atom stereocenters. The van der Waals surface area contributed by atoms with Crippen molar-refractivity contribution < 1.29 is 0 Å². The Morgan fingerprint density at radius 1 is 1.33 bits per heavy atom. The summed E-state index contributed by atoms with van der Waals surface area (Å²) in [6, 6.07) is 8.99. The van der Waals surface area contributed by atoms with E-state index in [4.69, 9.17) is 0 Å². The zero-order valence-electron chi connectivity index (χ0n) is 11.2. The maximum Gasteiger partial charge on any atom is 0.0508 e. The van der Waals surface area contributed by atoms with Crippen LogP contribution in [0.5, 0.6) is 0 Å². The summed E-state index contributed by atoms with van der Waals surface area (Å²) in [4.78, 5) is 4.89. The van der Waals surface area contributed by atoms with Gasteiger partial charge < -0.3 is 10.2 Å². The number of hydrogen-bond donors (Lipinski definition) is 1. The molecule has 0 amide bonds. The first-order valence-electron chi connectivity index (χ1n) is 6.59. The Morgan fingerprint density at radius 3 is 2.67 bits per heavy atom. The molecule has 18 heavy (non-hydrogen) atoms. The molecule has 1 N–H and O–H groups in total. The Hall–Kier alpha value is -0.580. The van der Waals surface area contributed by atoms with E-state index >= 15 is 0 Å². The number of piperazine rings is 1. The first-order chi connectivity index (χ1) is 8.68. The normalized spacial score (nSPS) is 18.6. The van der Waals surface area contributed by atoms with Crippen molar-refractivity contribution in [3.63, 3.8) is 0 Å². The zero-order valence-corrected chi connectivity index (χ0v) is 12.8. The van der Waals surface area contributed by atoms with Crippen LogP contribution in [0, 0.1) is 0 Å². The van der Waals surface area contributed by atoms with E-state index in [1.54, 1.807) is 0 Å². The van der Waals surface area contributed by atoms with Crippen LogP contribution in [0.4, 0.5) is 5.69 Å². The van der Waals surface area contributed by atoms with E-state index in [9.17, 15) is 0 Å². The van der Waals surface area contributed by atoms with Crippen molar-refractivity contribution in [3.05, 3.63) is 28.7 Å². The number of nitrogens with one attached hydrogen (secondary N) is 1. The van der Waals surface area contributed by atoms with Crippen molar-refractivity contribution in [2.24, 2.45) is 0 Å². The van der Waals surface area contributed by atoms with E-state index < -0.39 is 0 Å². The molecule has 1 atom stereocenters. The summed E-state index contributed by atoms with van der Waals surface area (Å²) in [6.45, 7) is 7.92. The van der Waals surface area contributed by atoms with E-state index in [1.807, 2.05) is 0 Å². The Morgan fingerprint density at radius 2 is 2.00 bits per heavy atom. The maximum absolute atomic E-state index is 3.62. The molecular formula is C14H22BrN3. The third kappa shape index (κ3) is 3.46. The predicted octanol–water partition coefficient (Wildman–Crippen LogP) is 2.18. The molecule has 0 saturated carbocycles. The minimum atomic E-state index is 0.587. The number of benzene rings is 1. The minimum Gasteiger partial charge on any atom is -0.372 e. The van der Waals surface area contributed by atoms with Gasteiger partial charge in [0, 0.05) is 50.3 Å². The van der Waals surface area contributed by atoms with Gasteiger partial charge in [-0.15, -0.1) is 0 Å². The summed E-state index contributed by atoms with van der Waals surface area (Å²) in [5, 5.41) is 3.40. The molecule has 2 rings (SSSR count). The predicted molar refractivity (Wildman–Crippen MR) is 81.3 cm³/mol. The standard InChI is InChI=1S/C14H22BrN3/c1-12(18-9-7-16-8-10-18)11-17(2)14-6-4-3-5-13(14)15/h3-6,12,16H,7-11H2,1-2H3. The van der Waals surface area contributed by atoms with Gasteiger partial charge in [-0.1, -0.05) is 12.1 Å². The molecule has 0 radical (unpaired) electrons. The fourth-order valence-electron chi connectivity index (χ4n) is 2.49. The highest BCUT2D eigenvalue weighted by Crippen LogP contribution is 2.25. The highest BCUT2D eigenvalue weighted by Gasteiger charge is 2.18. The Labute approximate surface area is 118 Å². The van der Waals surface area contributed by atoms with E-state index in [0.29, 0.717) is 6.04 Å². The van der Waals surface area contributed by atoms with Crippen LogP contribution in [0.3, 0.4) is 0 Å². The lowest BCUT2D eigenvalue weighted by atomic mass is 10.2. The number of halogens is 1. The molecular weight excluding hydrogens is 290 g/mol. The van der Waals surface area contributed by atoms with Crippen LogP contribution in [0.2, 0.25) is 0 Å². The van der Waals surface area contributed by atoms with Crippen LogP contribution in [0.1, 0.15) is 6.92 Å². The zero-order chi connectivity index (χ0) is 13.0. The molecule has 100 valence electrons. The van der Waals surface area contributed by atoms with Gasteiger partial charge in [-0.25, -0.2) is 0 Å². The molecule has 1 aliphatic heterocycles. The van der Waals surface area contributed by atoms with Gasteiger partial charge in [-0.2, -0.15) is 0 Å². The Bertz CT molecular complexity index is 377. The van der Waals surface area contributed by atoms with Crippen molar-refractivity contribution >= 4 is 21.6 Å². The first-order valence-corrected chi connectivity index (χ1v) is 7.38. The van der Waals surface area contributed by atoms with Crippen molar-refractivity contribution in [1.82, 2.24) is 10.2 Å². The molecule has 0 aliphatic carbocycles. The van der Waals surface area contributed by atoms with Crippen LogP contribution in [0.25, 0.3) is 0 Å². The molecule has 1 aliphatic rings. The SMILES string of the molecule is CC(CN(C)c1ccccc1Br)N1CCNCC1. The summed E-state index contributed by atoms with van der Waals surface area (Å²) in [5.41, 5.74) is 1.26. The number of anilines is 1. The van der Waals surface area contributed by atoms with Crippen molar-refractivity contribution in [2.75, 3.05) is 44.7 Å². The number of para-hydroxylation sites is 1. The molecule has 4 heteroatoms. The second-order valence-electron chi connectivity index (χ2n) is 4.97. The quantitative estimate of drug-likeness (QED) is 0.919. The highest BCUT2D eigenvalue weighted by molar-refractivity contribution is 9.10. The lowest BCUT2D eigenvalue weighted by Crippen LogP contribution is -2.50. The summed E-state index contributed by atoms with van der Waals surface area (Å²) in [6.07, 6.45) is 0. The van der Waals surface area contributed by atoms with Gasteiger partial charge in [0.2, 0.25) is 0 Å². The highest BCUT2D eigenvalue weighted by atomic mass is 79.9. The first kappa shape index (κ1) is 13.8. The van der Waals surface area contributed by atoms with Gasteiger partial charge in [0.15, 0.2) is 0 Å². The number of nitrogens with zero attached hydrogens (tertiary/aromatic N) is 2. The van der Waals surface area contributed by atoms with Gasteiger partial charge in [0.05, 0.1) is 5.69 Å². The lowest BCUT2D eigenvalue weighted by molar-refractivity contribution is 0.187. The molecule has 1 aromatic carbocycles. The summed E-state index contributed by atoms with van der Waals surface area (Å²) < 4.78 is 1.17. The second-order valence-corrected chi connectivity index (χ2v) is 5.82. The average molecular weight is 312 g/mol.